The van der Waals surface area contributed by atoms with E-state index in [2.05, 4.69) is 6.92 Å². The molecule has 1 saturated carbocycles. The van der Waals surface area contributed by atoms with Gasteiger partial charge in [-0.05, 0) is 24.2 Å². The van der Waals surface area contributed by atoms with E-state index in [0.29, 0.717) is 30.8 Å². The van der Waals surface area contributed by atoms with Gasteiger partial charge in [0.05, 0.1) is 6.54 Å². The summed E-state index contributed by atoms with van der Waals surface area (Å²) in [6, 6.07) is 0. The number of carbonyl (C=O) groups excluding carboxylic acids is 2. The van der Waals surface area contributed by atoms with Crippen molar-refractivity contribution in [3.63, 3.8) is 0 Å². The normalized spacial score (nSPS) is 28.6. The van der Waals surface area contributed by atoms with Gasteiger partial charge in [0.25, 0.3) is 5.91 Å². The molecule has 1 heterocycles. The van der Waals surface area contributed by atoms with Crippen molar-refractivity contribution in [2.75, 3.05) is 19.6 Å². The summed E-state index contributed by atoms with van der Waals surface area (Å²) in [5.41, 5.74) is 0. The number of halogens is 4. The van der Waals surface area contributed by atoms with E-state index in [-0.39, 0.29) is 0 Å². The minimum Gasteiger partial charge on any atom is -0.342 e. The summed E-state index contributed by atoms with van der Waals surface area (Å²) in [5.74, 6) is -6.06. The first-order valence-electron chi connectivity index (χ1n) is 7.45. The molecule has 2 amide bonds. The van der Waals surface area contributed by atoms with Gasteiger partial charge in [-0.2, -0.15) is 8.78 Å². The molecule has 3 unspecified atom stereocenters. The quantitative estimate of drug-likeness (QED) is 0.803. The molecule has 1 aliphatic heterocycles. The van der Waals surface area contributed by atoms with Crippen LogP contribution in [0, 0.1) is 17.8 Å². The predicted octanol–water partition coefficient (Wildman–Crippen LogP) is 1.90. The highest BCUT2D eigenvalue weighted by Crippen LogP contribution is 2.39. The van der Waals surface area contributed by atoms with Gasteiger partial charge < -0.3 is 10.2 Å². The van der Waals surface area contributed by atoms with Crippen molar-refractivity contribution in [3.8, 4) is 0 Å². The van der Waals surface area contributed by atoms with Gasteiger partial charge in [0.15, 0.2) is 0 Å². The van der Waals surface area contributed by atoms with Crippen LogP contribution in [0.1, 0.15) is 26.2 Å². The highest BCUT2D eigenvalue weighted by molar-refractivity contribution is 5.88. The van der Waals surface area contributed by atoms with Crippen LogP contribution < -0.4 is 5.32 Å². The summed E-state index contributed by atoms with van der Waals surface area (Å²) < 4.78 is 49.6. The van der Waals surface area contributed by atoms with Crippen LogP contribution in [0.3, 0.4) is 0 Å². The van der Waals surface area contributed by atoms with Crippen LogP contribution in [0.5, 0.6) is 0 Å². The number of carbonyl (C=O) groups is 2. The molecule has 2 rings (SSSR count). The Morgan fingerprint density at radius 3 is 2.55 bits per heavy atom. The fourth-order valence-electron chi connectivity index (χ4n) is 3.45. The van der Waals surface area contributed by atoms with Gasteiger partial charge in [-0.15, -0.1) is 0 Å². The summed E-state index contributed by atoms with van der Waals surface area (Å²) >= 11 is 0. The van der Waals surface area contributed by atoms with Gasteiger partial charge in [-0.1, -0.05) is 19.8 Å². The molecule has 1 aliphatic carbocycles. The first-order chi connectivity index (χ1) is 10.2. The topological polar surface area (TPSA) is 49.4 Å². The number of hydrogen-bond donors (Lipinski definition) is 1. The fourth-order valence-corrected chi connectivity index (χ4v) is 3.45. The minimum atomic E-state index is -4.77. The van der Waals surface area contributed by atoms with Crippen LogP contribution in [0.2, 0.25) is 0 Å². The number of rotatable bonds is 4. The number of hydrogen-bond acceptors (Lipinski definition) is 2. The van der Waals surface area contributed by atoms with Crippen molar-refractivity contribution in [2.45, 2.75) is 38.5 Å². The predicted molar refractivity (Wildman–Crippen MR) is 70.5 cm³/mol. The molecule has 0 aromatic rings. The Bertz CT molecular complexity index is 445. The summed E-state index contributed by atoms with van der Waals surface area (Å²) in [7, 11) is 0. The van der Waals surface area contributed by atoms with Crippen LogP contribution in [0.15, 0.2) is 0 Å². The zero-order valence-corrected chi connectivity index (χ0v) is 12.3. The third-order valence-corrected chi connectivity index (χ3v) is 4.79. The summed E-state index contributed by atoms with van der Waals surface area (Å²) in [5, 5.41) is 1.61. The molecule has 8 heteroatoms. The molecule has 1 saturated heterocycles. The number of amides is 2. The average molecular weight is 324 g/mol. The second-order valence-corrected chi connectivity index (χ2v) is 6.24. The Labute approximate surface area is 126 Å². The number of fused-ring (bicyclic) bond motifs is 1. The second kappa shape index (κ2) is 6.42. The molecule has 0 radical (unpaired) electrons. The SMILES string of the molecule is CC1CCCC2CN(C(=O)CNC(=O)C(F)(F)C(F)F)CC12. The molecule has 22 heavy (non-hydrogen) atoms. The Morgan fingerprint density at radius 1 is 1.27 bits per heavy atom. The van der Waals surface area contributed by atoms with E-state index < -0.39 is 30.7 Å². The number of nitrogens with zero attached hydrogens (tertiary/aromatic N) is 1. The van der Waals surface area contributed by atoms with Crippen molar-refractivity contribution in [2.24, 2.45) is 17.8 Å². The molecule has 126 valence electrons. The van der Waals surface area contributed by atoms with E-state index in [4.69, 9.17) is 0 Å². The van der Waals surface area contributed by atoms with Crippen LogP contribution in [-0.4, -0.2) is 48.7 Å². The Morgan fingerprint density at radius 2 is 1.95 bits per heavy atom. The third-order valence-electron chi connectivity index (χ3n) is 4.79. The Balaban J connectivity index is 1.85. The maximum atomic E-state index is 12.8. The highest BCUT2D eigenvalue weighted by atomic mass is 19.3. The van der Waals surface area contributed by atoms with Gasteiger partial charge in [-0.25, -0.2) is 8.78 Å². The average Bonchev–Trinajstić information content (AvgIpc) is 2.89. The standard InChI is InChI=1S/C14H20F4N2O2/c1-8-3-2-4-9-6-20(7-10(8)9)11(21)5-19-13(22)14(17,18)12(15)16/h8-10,12H,2-7H2,1H3,(H,19,22). The van der Waals surface area contributed by atoms with E-state index in [0.717, 1.165) is 19.3 Å². The smallest absolute Gasteiger partial charge is 0.342 e. The largest absolute Gasteiger partial charge is 0.383 e. The number of alkyl halides is 4. The van der Waals surface area contributed by atoms with Gasteiger partial charge in [0, 0.05) is 13.1 Å². The summed E-state index contributed by atoms with van der Waals surface area (Å²) in [6.07, 6.45) is -0.824. The molecule has 0 bridgehead atoms. The van der Waals surface area contributed by atoms with E-state index in [9.17, 15) is 27.2 Å². The molecule has 2 fully saturated rings. The Kier molecular flexibility index (Phi) is 4.97. The summed E-state index contributed by atoms with van der Waals surface area (Å²) in [4.78, 5) is 24.5. The van der Waals surface area contributed by atoms with Crippen LogP contribution in [0.25, 0.3) is 0 Å². The molecule has 0 spiro atoms. The first-order valence-corrected chi connectivity index (χ1v) is 7.45. The zero-order chi connectivity index (χ0) is 16.5. The van der Waals surface area contributed by atoms with E-state index in [1.165, 1.54) is 4.90 Å². The number of likely N-dealkylation sites (tertiary alicyclic amines) is 1. The third kappa shape index (κ3) is 3.35. The van der Waals surface area contributed by atoms with Gasteiger partial charge in [-0.3, -0.25) is 9.59 Å². The van der Waals surface area contributed by atoms with Crippen molar-refractivity contribution >= 4 is 11.8 Å². The van der Waals surface area contributed by atoms with E-state index >= 15 is 0 Å². The van der Waals surface area contributed by atoms with Gasteiger partial charge in [0.2, 0.25) is 5.91 Å². The highest BCUT2D eigenvalue weighted by Gasteiger charge is 2.49. The lowest BCUT2D eigenvalue weighted by Gasteiger charge is -2.29. The molecular weight excluding hydrogens is 304 g/mol. The first kappa shape index (κ1) is 17.0. The van der Waals surface area contributed by atoms with Crippen LogP contribution >= 0.6 is 0 Å². The lowest BCUT2D eigenvalue weighted by molar-refractivity contribution is -0.169. The summed E-state index contributed by atoms with van der Waals surface area (Å²) in [6.45, 7) is 2.56. The monoisotopic (exact) mass is 324 g/mol. The van der Waals surface area contributed by atoms with Gasteiger partial charge in [0.1, 0.15) is 0 Å². The molecule has 3 atom stereocenters. The van der Waals surface area contributed by atoms with E-state index in [1.54, 1.807) is 5.32 Å². The van der Waals surface area contributed by atoms with Crippen molar-refractivity contribution < 1.29 is 27.2 Å². The number of nitrogens with one attached hydrogen (secondary N) is 1. The molecule has 2 aliphatic rings. The minimum absolute atomic E-state index is 0.399. The maximum Gasteiger partial charge on any atom is 0.383 e. The maximum absolute atomic E-state index is 12.8. The van der Waals surface area contributed by atoms with Crippen molar-refractivity contribution in [1.29, 1.82) is 0 Å². The molecule has 0 aromatic heterocycles. The van der Waals surface area contributed by atoms with Gasteiger partial charge >= 0.3 is 12.3 Å². The van der Waals surface area contributed by atoms with Crippen LogP contribution in [0.4, 0.5) is 17.6 Å². The van der Waals surface area contributed by atoms with Crippen molar-refractivity contribution in [1.82, 2.24) is 10.2 Å². The zero-order valence-electron chi connectivity index (χ0n) is 12.3. The molecule has 1 N–H and O–H groups in total. The Hall–Kier alpha value is -1.34. The van der Waals surface area contributed by atoms with E-state index in [1.807, 2.05) is 0 Å². The molecular formula is C14H20F4N2O2. The fraction of sp³-hybridized carbons (Fsp3) is 0.857. The molecule has 4 nitrogen and oxygen atoms in total. The van der Waals surface area contributed by atoms with Crippen molar-refractivity contribution in [3.05, 3.63) is 0 Å². The lowest BCUT2D eigenvalue weighted by Crippen LogP contribution is -2.48. The van der Waals surface area contributed by atoms with Crippen LogP contribution in [-0.2, 0) is 9.59 Å². The lowest BCUT2D eigenvalue weighted by atomic mass is 9.75. The second-order valence-electron chi connectivity index (χ2n) is 6.24. The molecule has 0 aromatic carbocycles.